The van der Waals surface area contributed by atoms with Gasteiger partial charge >= 0.3 is 7.12 Å². The predicted molar refractivity (Wildman–Crippen MR) is 142 cm³/mol. The monoisotopic (exact) mass is 441 g/mol. The van der Waals surface area contributed by atoms with Gasteiger partial charge in [-0.05, 0) is 52.6 Å². The molecule has 34 heavy (non-hydrogen) atoms. The van der Waals surface area contributed by atoms with E-state index in [4.69, 9.17) is 0 Å². The van der Waals surface area contributed by atoms with Crippen LogP contribution >= 0.6 is 0 Å². The molecule has 5 aromatic carbocycles. The van der Waals surface area contributed by atoms with E-state index in [0.29, 0.717) is 5.46 Å². The number of anilines is 3. The SMILES string of the molecule is OB(O)c1ccccc1N(c1ccc(-c2ccccc2)cc1)c1ccc(-c2ccccc2)cc1. The normalized spacial score (nSPS) is 10.6. The van der Waals surface area contributed by atoms with Crippen LogP contribution in [0.2, 0.25) is 0 Å². The fraction of sp³-hybridized carbons (Fsp3) is 0. The Bertz CT molecular complexity index is 1270. The van der Waals surface area contributed by atoms with Gasteiger partial charge in [-0.3, -0.25) is 0 Å². The molecule has 5 rings (SSSR count). The number of benzene rings is 5. The molecule has 0 aliphatic carbocycles. The van der Waals surface area contributed by atoms with Crippen molar-refractivity contribution in [2.75, 3.05) is 4.90 Å². The van der Waals surface area contributed by atoms with Crippen molar-refractivity contribution < 1.29 is 10.0 Å². The van der Waals surface area contributed by atoms with Crippen molar-refractivity contribution in [3.63, 3.8) is 0 Å². The van der Waals surface area contributed by atoms with Gasteiger partial charge in [0.1, 0.15) is 0 Å². The second-order valence-electron chi connectivity index (χ2n) is 8.09. The first-order chi connectivity index (χ1) is 16.7. The Morgan fingerprint density at radius 1 is 0.412 bits per heavy atom. The van der Waals surface area contributed by atoms with E-state index in [1.807, 2.05) is 54.6 Å². The summed E-state index contributed by atoms with van der Waals surface area (Å²) in [5, 5.41) is 20.1. The minimum absolute atomic E-state index is 0.446. The van der Waals surface area contributed by atoms with E-state index in [1.165, 1.54) is 0 Å². The van der Waals surface area contributed by atoms with Crippen molar-refractivity contribution in [1.82, 2.24) is 0 Å². The van der Waals surface area contributed by atoms with Gasteiger partial charge in [0.05, 0.1) is 0 Å². The zero-order valence-electron chi connectivity index (χ0n) is 18.6. The highest BCUT2D eigenvalue weighted by Gasteiger charge is 2.22. The smallest absolute Gasteiger partial charge is 0.423 e. The Labute approximate surface area is 200 Å². The topological polar surface area (TPSA) is 43.7 Å². The van der Waals surface area contributed by atoms with Crippen LogP contribution in [0.3, 0.4) is 0 Å². The maximum Gasteiger partial charge on any atom is 0.490 e. The molecule has 0 bridgehead atoms. The molecule has 0 saturated heterocycles. The minimum atomic E-state index is -1.58. The number of para-hydroxylation sites is 1. The summed E-state index contributed by atoms with van der Waals surface area (Å²) < 4.78 is 0. The number of nitrogens with zero attached hydrogens (tertiary/aromatic N) is 1. The number of rotatable bonds is 6. The second-order valence-corrected chi connectivity index (χ2v) is 8.09. The summed E-state index contributed by atoms with van der Waals surface area (Å²) in [7, 11) is -1.58. The summed E-state index contributed by atoms with van der Waals surface area (Å²) >= 11 is 0. The molecular formula is C30H24BNO2. The molecule has 0 amide bonds. The highest BCUT2D eigenvalue weighted by atomic mass is 16.4. The maximum atomic E-state index is 10.1. The van der Waals surface area contributed by atoms with E-state index in [-0.39, 0.29) is 0 Å². The Morgan fingerprint density at radius 2 is 0.794 bits per heavy atom. The van der Waals surface area contributed by atoms with Gasteiger partial charge in [-0.1, -0.05) is 103 Å². The van der Waals surface area contributed by atoms with Crippen molar-refractivity contribution in [3.8, 4) is 22.3 Å². The van der Waals surface area contributed by atoms with Gasteiger partial charge in [0.2, 0.25) is 0 Å². The van der Waals surface area contributed by atoms with Crippen LogP contribution in [-0.2, 0) is 0 Å². The molecule has 5 aromatic rings. The van der Waals surface area contributed by atoms with Crippen LogP contribution < -0.4 is 10.4 Å². The van der Waals surface area contributed by atoms with E-state index in [2.05, 4.69) is 77.7 Å². The molecule has 0 radical (unpaired) electrons. The van der Waals surface area contributed by atoms with E-state index in [9.17, 15) is 10.0 Å². The zero-order chi connectivity index (χ0) is 23.3. The fourth-order valence-electron chi connectivity index (χ4n) is 4.20. The van der Waals surface area contributed by atoms with E-state index in [0.717, 1.165) is 39.3 Å². The average molecular weight is 441 g/mol. The summed E-state index contributed by atoms with van der Waals surface area (Å²) in [6.45, 7) is 0. The van der Waals surface area contributed by atoms with Gasteiger partial charge in [-0.15, -0.1) is 0 Å². The standard InChI is InChI=1S/C30H24BNO2/c33-31(34)29-13-7-8-14-30(29)32(27-19-15-25(16-20-27)23-9-3-1-4-10-23)28-21-17-26(18-22-28)24-11-5-2-6-12-24/h1-22,33-34H. The first-order valence-corrected chi connectivity index (χ1v) is 11.3. The van der Waals surface area contributed by atoms with Gasteiger partial charge in [0.15, 0.2) is 0 Å². The van der Waals surface area contributed by atoms with Gasteiger partial charge < -0.3 is 14.9 Å². The summed E-state index contributed by atoms with van der Waals surface area (Å²) in [6, 6.07) is 44.5. The Hall–Kier alpha value is -4.12. The molecule has 0 fully saturated rings. The third-order valence-electron chi connectivity index (χ3n) is 5.92. The van der Waals surface area contributed by atoms with Crippen LogP contribution in [0, 0.1) is 0 Å². The van der Waals surface area contributed by atoms with Crippen molar-refractivity contribution in [2.24, 2.45) is 0 Å². The Balaban J connectivity index is 1.59. The van der Waals surface area contributed by atoms with Gasteiger partial charge in [-0.25, -0.2) is 0 Å². The lowest BCUT2D eigenvalue weighted by Crippen LogP contribution is -2.34. The molecule has 0 aromatic heterocycles. The van der Waals surface area contributed by atoms with Crippen LogP contribution in [0.25, 0.3) is 22.3 Å². The van der Waals surface area contributed by atoms with Crippen LogP contribution in [0.4, 0.5) is 17.1 Å². The lowest BCUT2D eigenvalue weighted by molar-refractivity contribution is 0.426. The summed E-state index contributed by atoms with van der Waals surface area (Å²) in [5.41, 5.74) is 7.58. The van der Waals surface area contributed by atoms with Crippen molar-refractivity contribution in [1.29, 1.82) is 0 Å². The molecule has 0 unspecified atom stereocenters. The van der Waals surface area contributed by atoms with Crippen molar-refractivity contribution >= 4 is 29.6 Å². The molecule has 0 spiro atoms. The third kappa shape index (κ3) is 4.51. The molecule has 0 aliphatic rings. The fourth-order valence-corrected chi connectivity index (χ4v) is 4.20. The van der Waals surface area contributed by atoms with E-state index in [1.54, 1.807) is 6.07 Å². The minimum Gasteiger partial charge on any atom is -0.423 e. The average Bonchev–Trinajstić information content (AvgIpc) is 2.91. The number of hydrogen-bond acceptors (Lipinski definition) is 3. The van der Waals surface area contributed by atoms with E-state index < -0.39 is 7.12 Å². The van der Waals surface area contributed by atoms with Gasteiger partial charge in [0, 0.05) is 22.5 Å². The third-order valence-corrected chi connectivity index (χ3v) is 5.92. The first kappa shape index (κ1) is 21.7. The lowest BCUT2D eigenvalue weighted by atomic mass is 9.78. The predicted octanol–water partition coefficient (Wildman–Crippen LogP) is 6.17. The molecule has 2 N–H and O–H groups in total. The first-order valence-electron chi connectivity index (χ1n) is 11.3. The van der Waals surface area contributed by atoms with Crippen LogP contribution in [-0.4, -0.2) is 17.2 Å². The summed E-state index contributed by atoms with van der Waals surface area (Å²) in [6.07, 6.45) is 0. The lowest BCUT2D eigenvalue weighted by Gasteiger charge is -2.28. The van der Waals surface area contributed by atoms with Gasteiger partial charge in [0.25, 0.3) is 0 Å². The van der Waals surface area contributed by atoms with Crippen LogP contribution in [0.1, 0.15) is 0 Å². The van der Waals surface area contributed by atoms with Crippen LogP contribution in [0.15, 0.2) is 133 Å². The second kappa shape index (κ2) is 9.80. The Kier molecular flexibility index (Phi) is 6.26. The quantitative estimate of drug-likeness (QED) is 0.310. The highest BCUT2D eigenvalue weighted by molar-refractivity contribution is 6.60. The molecule has 4 heteroatoms. The molecular weight excluding hydrogens is 417 g/mol. The Morgan fingerprint density at radius 3 is 1.24 bits per heavy atom. The zero-order valence-corrected chi connectivity index (χ0v) is 18.6. The van der Waals surface area contributed by atoms with Crippen LogP contribution in [0.5, 0.6) is 0 Å². The maximum absolute atomic E-state index is 10.1. The number of hydrogen-bond donors (Lipinski definition) is 2. The molecule has 0 saturated carbocycles. The molecule has 3 nitrogen and oxygen atoms in total. The largest absolute Gasteiger partial charge is 0.490 e. The van der Waals surface area contributed by atoms with E-state index >= 15 is 0 Å². The summed E-state index contributed by atoms with van der Waals surface area (Å²) in [4.78, 5) is 2.05. The highest BCUT2D eigenvalue weighted by Crippen LogP contribution is 2.36. The molecule has 164 valence electrons. The van der Waals surface area contributed by atoms with Crippen molar-refractivity contribution in [2.45, 2.75) is 0 Å². The van der Waals surface area contributed by atoms with Crippen molar-refractivity contribution in [3.05, 3.63) is 133 Å². The summed E-state index contributed by atoms with van der Waals surface area (Å²) in [5.74, 6) is 0. The molecule has 0 heterocycles. The molecule has 0 atom stereocenters. The molecule has 0 aliphatic heterocycles. The van der Waals surface area contributed by atoms with Gasteiger partial charge in [-0.2, -0.15) is 0 Å².